The van der Waals surface area contributed by atoms with Gasteiger partial charge in [-0.1, -0.05) is 18.2 Å². The number of carbonyl (C=O) groups is 1. The summed E-state index contributed by atoms with van der Waals surface area (Å²) in [4.78, 5) is 11.2. The molecule has 98 valence electrons. The molecule has 1 atom stereocenters. The van der Waals surface area contributed by atoms with Crippen molar-refractivity contribution in [3.63, 3.8) is 0 Å². The highest BCUT2D eigenvalue weighted by Gasteiger charge is 2.17. The molecule has 2 rings (SSSR count). The van der Waals surface area contributed by atoms with Crippen molar-refractivity contribution in [3.05, 3.63) is 29.8 Å². The number of para-hydroxylation sites is 1. The minimum atomic E-state index is -0.123. The predicted molar refractivity (Wildman–Crippen MR) is 68.7 cm³/mol. The fourth-order valence-corrected chi connectivity index (χ4v) is 2.08. The zero-order valence-corrected chi connectivity index (χ0v) is 10.6. The van der Waals surface area contributed by atoms with Gasteiger partial charge in [0.15, 0.2) is 6.61 Å². The van der Waals surface area contributed by atoms with Gasteiger partial charge in [0.1, 0.15) is 5.75 Å². The third-order valence-electron chi connectivity index (χ3n) is 3.08. The summed E-state index contributed by atoms with van der Waals surface area (Å²) in [5.41, 5.74) is 1.10. The first-order valence-corrected chi connectivity index (χ1v) is 6.32. The Morgan fingerprint density at radius 1 is 1.50 bits per heavy atom. The Labute approximate surface area is 107 Å². The Bertz CT molecular complexity index is 400. The summed E-state index contributed by atoms with van der Waals surface area (Å²) in [6.07, 6.45) is 3.37. The van der Waals surface area contributed by atoms with Crippen LogP contribution in [0.5, 0.6) is 5.75 Å². The van der Waals surface area contributed by atoms with Crippen LogP contribution in [0, 0.1) is 0 Å². The summed E-state index contributed by atoms with van der Waals surface area (Å²) in [5, 5.41) is 2.54. The molecule has 1 aliphatic heterocycles. The normalized spacial score (nSPS) is 18.6. The highest BCUT2D eigenvalue weighted by Crippen LogP contribution is 2.24. The number of carbonyl (C=O) groups excluding carboxylic acids is 1. The van der Waals surface area contributed by atoms with Crippen molar-refractivity contribution in [2.75, 3.05) is 20.3 Å². The van der Waals surface area contributed by atoms with Crippen molar-refractivity contribution < 1.29 is 14.3 Å². The number of likely N-dealkylation sites (N-methyl/N-ethyl adjacent to an activating group) is 1. The van der Waals surface area contributed by atoms with E-state index in [2.05, 4.69) is 5.32 Å². The van der Waals surface area contributed by atoms with E-state index in [1.165, 1.54) is 0 Å². The van der Waals surface area contributed by atoms with Gasteiger partial charge in [-0.05, 0) is 24.5 Å². The SMILES string of the molecule is CNC(=O)COc1ccccc1CC1CCCO1. The molecule has 0 aromatic heterocycles. The lowest BCUT2D eigenvalue weighted by molar-refractivity contribution is -0.122. The van der Waals surface area contributed by atoms with Gasteiger partial charge in [0.25, 0.3) is 5.91 Å². The molecule has 1 saturated heterocycles. The van der Waals surface area contributed by atoms with Gasteiger partial charge in [0.2, 0.25) is 0 Å². The molecule has 0 spiro atoms. The molecule has 0 saturated carbocycles. The van der Waals surface area contributed by atoms with Crippen LogP contribution in [0.3, 0.4) is 0 Å². The van der Waals surface area contributed by atoms with E-state index in [1.54, 1.807) is 7.05 Å². The summed E-state index contributed by atoms with van der Waals surface area (Å²) in [7, 11) is 1.60. The maximum Gasteiger partial charge on any atom is 0.257 e. The lowest BCUT2D eigenvalue weighted by Crippen LogP contribution is -2.25. The van der Waals surface area contributed by atoms with Crippen LogP contribution in [0.1, 0.15) is 18.4 Å². The third kappa shape index (κ3) is 3.47. The minimum absolute atomic E-state index is 0.0546. The molecule has 1 aromatic carbocycles. The van der Waals surface area contributed by atoms with Gasteiger partial charge < -0.3 is 14.8 Å². The number of amides is 1. The molecule has 1 unspecified atom stereocenters. The van der Waals surface area contributed by atoms with Crippen molar-refractivity contribution in [2.45, 2.75) is 25.4 Å². The summed E-state index contributed by atoms with van der Waals surface area (Å²) in [6, 6.07) is 7.82. The van der Waals surface area contributed by atoms with E-state index < -0.39 is 0 Å². The van der Waals surface area contributed by atoms with Gasteiger partial charge in [-0.15, -0.1) is 0 Å². The van der Waals surface area contributed by atoms with Crippen LogP contribution in [-0.4, -0.2) is 32.3 Å². The molecule has 1 aromatic rings. The summed E-state index contributed by atoms with van der Waals surface area (Å²) in [6.45, 7) is 0.908. The van der Waals surface area contributed by atoms with Crippen LogP contribution in [0.25, 0.3) is 0 Å². The largest absolute Gasteiger partial charge is 0.483 e. The molecule has 1 fully saturated rings. The second kappa shape index (κ2) is 6.40. The summed E-state index contributed by atoms with van der Waals surface area (Å²) >= 11 is 0. The molecular weight excluding hydrogens is 230 g/mol. The van der Waals surface area contributed by atoms with E-state index in [0.29, 0.717) is 0 Å². The lowest BCUT2D eigenvalue weighted by atomic mass is 10.0. The quantitative estimate of drug-likeness (QED) is 0.861. The molecular formula is C14H19NO3. The van der Waals surface area contributed by atoms with E-state index in [4.69, 9.17) is 9.47 Å². The molecule has 4 nitrogen and oxygen atoms in total. The van der Waals surface area contributed by atoms with Crippen LogP contribution in [0.2, 0.25) is 0 Å². The summed E-state index contributed by atoms with van der Waals surface area (Å²) in [5.74, 6) is 0.651. The monoisotopic (exact) mass is 249 g/mol. The Morgan fingerprint density at radius 2 is 2.33 bits per heavy atom. The van der Waals surface area contributed by atoms with Gasteiger partial charge >= 0.3 is 0 Å². The van der Waals surface area contributed by atoms with Crippen molar-refractivity contribution in [1.29, 1.82) is 0 Å². The Morgan fingerprint density at radius 3 is 3.06 bits per heavy atom. The molecule has 1 N–H and O–H groups in total. The first-order chi connectivity index (χ1) is 8.79. The summed E-state index contributed by atoms with van der Waals surface area (Å²) < 4.78 is 11.2. The average Bonchev–Trinajstić information content (AvgIpc) is 2.90. The van der Waals surface area contributed by atoms with Gasteiger partial charge in [-0.3, -0.25) is 4.79 Å². The van der Waals surface area contributed by atoms with Crippen LogP contribution < -0.4 is 10.1 Å². The zero-order chi connectivity index (χ0) is 12.8. The minimum Gasteiger partial charge on any atom is -0.483 e. The highest BCUT2D eigenvalue weighted by molar-refractivity contribution is 5.77. The fraction of sp³-hybridized carbons (Fsp3) is 0.500. The molecule has 0 aliphatic carbocycles. The first-order valence-electron chi connectivity index (χ1n) is 6.32. The number of hydrogen-bond donors (Lipinski definition) is 1. The fourth-order valence-electron chi connectivity index (χ4n) is 2.08. The number of hydrogen-bond acceptors (Lipinski definition) is 3. The van der Waals surface area contributed by atoms with E-state index >= 15 is 0 Å². The van der Waals surface area contributed by atoms with E-state index in [9.17, 15) is 4.79 Å². The number of nitrogens with one attached hydrogen (secondary N) is 1. The van der Waals surface area contributed by atoms with Crippen LogP contribution >= 0.6 is 0 Å². The van der Waals surface area contributed by atoms with E-state index in [1.807, 2.05) is 24.3 Å². The smallest absolute Gasteiger partial charge is 0.257 e. The maximum atomic E-state index is 11.2. The van der Waals surface area contributed by atoms with Crippen LogP contribution in [0.15, 0.2) is 24.3 Å². The van der Waals surface area contributed by atoms with Crippen molar-refractivity contribution >= 4 is 5.91 Å². The number of rotatable bonds is 5. The van der Waals surface area contributed by atoms with Gasteiger partial charge in [0.05, 0.1) is 6.10 Å². The Kier molecular flexibility index (Phi) is 4.59. The molecule has 0 bridgehead atoms. The molecule has 4 heteroatoms. The Hall–Kier alpha value is -1.55. The van der Waals surface area contributed by atoms with Crippen molar-refractivity contribution in [1.82, 2.24) is 5.32 Å². The van der Waals surface area contributed by atoms with E-state index in [0.717, 1.165) is 37.2 Å². The lowest BCUT2D eigenvalue weighted by Gasteiger charge is -2.14. The van der Waals surface area contributed by atoms with Crippen LogP contribution in [0.4, 0.5) is 0 Å². The molecule has 1 amide bonds. The molecule has 1 heterocycles. The second-order valence-electron chi connectivity index (χ2n) is 4.41. The molecule has 18 heavy (non-hydrogen) atoms. The standard InChI is InChI=1S/C14H19NO3/c1-15-14(16)10-18-13-7-3-2-5-11(13)9-12-6-4-8-17-12/h2-3,5,7,12H,4,6,8-10H2,1H3,(H,15,16). The average molecular weight is 249 g/mol. The zero-order valence-electron chi connectivity index (χ0n) is 10.6. The molecule has 0 radical (unpaired) electrons. The third-order valence-corrected chi connectivity index (χ3v) is 3.08. The Balaban J connectivity index is 1.98. The van der Waals surface area contributed by atoms with Crippen LogP contribution in [-0.2, 0) is 16.0 Å². The molecule has 1 aliphatic rings. The topological polar surface area (TPSA) is 47.6 Å². The highest BCUT2D eigenvalue weighted by atomic mass is 16.5. The first kappa shape index (κ1) is 12.9. The van der Waals surface area contributed by atoms with Crippen molar-refractivity contribution in [3.8, 4) is 5.75 Å². The predicted octanol–water partition coefficient (Wildman–Crippen LogP) is 1.53. The van der Waals surface area contributed by atoms with Crippen molar-refractivity contribution in [2.24, 2.45) is 0 Å². The van der Waals surface area contributed by atoms with Gasteiger partial charge in [0, 0.05) is 20.1 Å². The van der Waals surface area contributed by atoms with E-state index in [-0.39, 0.29) is 18.6 Å². The number of benzene rings is 1. The second-order valence-corrected chi connectivity index (χ2v) is 4.41. The van der Waals surface area contributed by atoms with Gasteiger partial charge in [-0.25, -0.2) is 0 Å². The van der Waals surface area contributed by atoms with Gasteiger partial charge in [-0.2, -0.15) is 0 Å². The maximum absolute atomic E-state index is 11.2. The number of ether oxygens (including phenoxy) is 2.